The molecule has 4 rings (SSSR count). The minimum atomic E-state index is -0.358. The number of hydrogen-bond acceptors (Lipinski definition) is 3. The van der Waals surface area contributed by atoms with Crippen LogP contribution >= 0.6 is 0 Å². The van der Waals surface area contributed by atoms with E-state index in [-0.39, 0.29) is 24.2 Å². The van der Waals surface area contributed by atoms with Gasteiger partial charge in [0.2, 0.25) is 5.91 Å². The summed E-state index contributed by atoms with van der Waals surface area (Å²) in [5.41, 5.74) is 5.94. The molecule has 2 aromatic rings. The molecule has 0 bridgehead atoms. The van der Waals surface area contributed by atoms with Crippen LogP contribution in [0.15, 0.2) is 42.5 Å². The van der Waals surface area contributed by atoms with E-state index >= 15 is 0 Å². The normalized spacial score (nSPS) is 18.5. The monoisotopic (exact) mass is 321 g/mol. The van der Waals surface area contributed by atoms with Crippen LogP contribution in [-0.4, -0.2) is 25.0 Å². The summed E-state index contributed by atoms with van der Waals surface area (Å²) in [6.07, 6.45) is 1.12. The van der Waals surface area contributed by atoms with E-state index in [1.807, 2.05) is 6.07 Å². The van der Waals surface area contributed by atoms with Crippen molar-refractivity contribution in [1.29, 1.82) is 0 Å². The Balaban J connectivity index is 1.59. The van der Waals surface area contributed by atoms with Gasteiger partial charge in [0.05, 0.1) is 12.5 Å². The molecule has 1 aliphatic heterocycles. The van der Waals surface area contributed by atoms with Crippen LogP contribution in [0.1, 0.15) is 24.5 Å². The van der Waals surface area contributed by atoms with Crippen LogP contribution in [0.3, 0.4) is 0 Å². The molecule has 1 aliphatic carbocycles. The summed E-state index contributed by atoms with van der Waals surface area (Å²) >= 11 is 0. The second-order valence-corrected chi connectivity index (χ2v) is 6.33. The maximum absolute atomic E-state index is 12.3. The maximum atomic E-state index is 12.3. The first-order chi connectivity index (χ1) is 11.7. The molecule has 1 fully saturated rings. The number of hydrogen-bond donors (Lipinski definition) is 0. The Bertz CT molecular complexity index is 827. The highest BCUT2D eigenvalue weighted by Gasteiger charge is 2.36. The van der Waals surface area contributed by atoms with E-state index in [0.29, 0.717) is 13.2 Å². The van der Waals surface area contributed by atoms with E-state index in [1.165, 1.54) is 22.3 Å². The molecule has 0 spiro atoms. The van der Waals surface area contributed by atoms with Crippen molar-refractivity contribution in [3.8, 4) is 11.1 Å². The zero-order valence-corrected chi connectivity index (χ0v) is 13.6. The van der Waals surface area contributed by atoms with Crippen LogP contribution in [0.25, 0.3) is 11.1 Å². The zero-order chi connectivity index (χ0) is 16.7. The Hall–Kier alpha value is -2.62. The lowest BCUT2D eigenvalue weighted by molar-refractivity contribution is -0.147. The van der Waals surface area contributed by atoms with Gasteiger partial charge in [-0.25, -0.2) is 0 Å². The molecule has 4 heteroatoms. The average molecular weight is 321 g/mol. The van der Waals surface area contributed by atoms with Crippen LogP contribution in [0, 0.1) is 5.92 Å². The van der Waals surface area contributed by atoms with Crippen molar-refractivity contribution in [2.45, 2.75) is 19.8 Å². The third kappa shape index (κ3) is 2.39. The molecular weight excluding hydrogens is 302 g/mol. The predicted octanol–water partition coefficient (Wildman–Crippen LogP) is 3.17. The Kier molecular flexibility index (Phi) is 3.60. The molecule has 0 N–H and O–H groups in total. The zero-order valence-electron chi connectivity index (χ0n) is 13.6. The summed E-state index contributed by atoms with van der Waals surface area (Å²) < 4.78 is 5.06. The first kappa shape index (κ1) is 14.9. The maximum Gasteiger partial charge on any atom is 0.311 e. The summed E-state index contributed by atoms with van der Waals surface area (Å²) in [5.74, 6) is -0.645. The van der Waals surface area contributed by atoms with Crippen molar-refractivity contribution in [3.63, 3.8) is 0 Å². The predicted molar refractivity (Wildman–Crippen MR) is 91.8 cm³/mol. The molecule has 1 unspecified atom stereocenters. The minimum Gasteiger partial charge on any atom is -0.466 e. The summed E-state index contributed by atoms with van der Waals surface area (Å²) in [7, 11) is 0. The summed E-state index contributed by atoms with van der Waals surface area (Å²) in [6.45, 7) is 2.54. The summed E-state index contributed by atoms with van der Waals surface area (Å²) in [6, 6.07) is 14.5. The molecule has 2 aliphatic rings. The third-order valence-electron chi connectivity index (χ3n) is 4.83. The molecule has 1 heterocycles. The van der Waals surface area contributed by atoms with E-state index in [0.717, 1.165) is 12.1 Å². The van der Waals surface area contributed by atoms with Gasteiger partial charge < -0.3 is 9.64 Å². The largest absolute Gasteiger partial charge is 0.466 e. The molecule has 2 aromatic carbocycles. The van der Waals surface area contributed by atoms with Crippen LogP contribution in [0.4, 0.5) is 5.69 Å². The van der Waals surface area contributed by atoms with Crippen LogP contribution in [0.2, 0.25) is 0 Å². The lowest BCUT2D eigenvalue weighted by Gasteiger charge is -2.17. The van der Waals surface area contributed by atoms with Crippen molar-refractivity contribution in [3.05, 3.63) is 53.6 Å². The van der Waals surface area contributed by atoms with Crippen molar-refractivity contribution in [2.24, 2.45) is 5.92 Å². The van der Waals surface area contributed by atoms with Gasteiger partial charge in [0, 0.05) is 18.7 Å². The fourth-order valence-electron chi connectivity index (χ4n) is 3.67. The summed E-state index contributed by atoms with van der Waals surface area (Å²) in [4.78, 5) is 25.9. The van der Waals surface area contributed by atoms with Crippen LogP contribution in [-0.2, 0) is 20.7 Å². The van der Waals surface area contributed by atoms with E-state index in [1.54, 1.807) is 11.8 Å². The van der Waals surface area contributed by atoms with Gasteiger partial charge >= 0.3 is 5.97 Å². The Morgan fingerprint density at radius 1 is 1.17 bits per heavy atom. The molecule has 4 nitrogen and oxygen atoms in total. The van der Waals surface area contributed by atoms with E-state index < -0.39 is 0 Å². The van der Waals surface area contributed by atoms with Crippen molar-refractivity contribution in [1.82, 2.24) is 0 Å². The van der Waals surface area contributed by atoms with Crippen LogP contribution < -0.4 is 4.90 Å². The number of benzene rings is 2. The number of carbonyl (C=O) groups excluding carboxylic acids is 2. The molecular formula is C20H19NO3. The highest BCUT2D eigenvalue weighted by molar-refractivity contribution is 6.00. The molecule has 24 heavy (non-hydrogen) atoms. The molecule has 122 valence electrons. The lowest BCUT2D eigenvalue weighted by atomic mass is 10.1. The van der Waals surface area contributed by atoms with Gasteiger partial charge in [-0.2, -0.15) is 0 Å². The van der Waals surface area contributed by atoms with E-state index in [4.69, 9.17) is 4.74 Å². The number of nitrogens with zero attached hydrogens (tertiary/aromatic N) is 1. The third-order valence-corrected chi connectivity index (χ3v) is 4.83. The van der Waals surface area contributed by atoms with Gasteiger partial charge in [0.25, 0.3) is 0 Å². The van der Waals surface area contributed by atoms with E-state index in [2.05, 4.69) is 36.4 Å². The van der Waals surface area contributed by atoms with Gasteiger partial charge in [-0.3, -0.25) is 9.59 Å². The van der Waals surface area contributed by atoms with Crippen molar-refractivity contribution in [2.75, 3.05) is 18.1 Å². The molecule has 0 saturated carbocycles. The van der Waals surface area contributed by atoms with Gasteiger partial charge in [0.15, 0.2) is 0 Å². The molecule has 0 aromatic heterocycles. The van der Waals surface area contributed by atoms with Crippen LogP contribution in [0.5, 0.6) is 0 Å². The number of amides is 1. The second kappa shape index (κ2) is 5.78. The molecule has 1 amide bonds. The average Bonchev–Trinajstić information content (AvgIpc) is 3.15. The van der Waals surface area contributed by atoms with Crippen molar-refractivity contribution < 1.29 is 14.3 Å². The smallest absolute Gasteiger partial charge is 0.311 e. The number of rotatable bonds is 3. The van der Waals surface area contributed by atoms with Gasteiger partial charge in [-0.1, -0.05) is 30.3 Å². The number of fused-ring (bicyclic) bond motifs is 3. The first-order valence-corrected chi connectivity index (χ1v) is 8.35. The SMILES string of the molecule is CCOC(=O)C1CC(=O)N(c2ccc3c(c2)Cc2ccccc2-3)C1. The highest BCUT2D eigenvalue weighted by atomic mass is 16.5. The van der Waals surface area contributed by atoms with Crippen molar-refractivity contribution >= 4 is 17.6 Å². The lowest BCUT2D eigenvalue weighted by Crippen LogP contribution is -2.26. The quantitative estimate of drug-likeness (QED) is 0.696. The Morgan fingerprint density at radius 3 is 2.79 bits per heavy atom. The molecule has 1 saturated heterocycles. The van der Waals surface area contributed by atoms with Gasteiger partial charge in [0.1, 0.15) is 0 Å². The Morgan fingerprint density at radius 2 is 1.96 bits per heavy atom. The highest BCUT2D eigenvalue weighted by Crippen LogP contribution is 2.39. The van der Waals surface area contributed by atoms with Gasteiger partial charge in [-0.15, -0.1) is 0 Å². The standard InChI is InChI=1S/C20H19NO3/c1-2-24-20(23)15-11-19(22)21(12-15)16-7-8-18-14(10-16)9-13-5-3-4-6-17(13)18/h3-8,10,15H,2,9,11-12H2,1H3. The Labute approximate surface area is 141 Å². The first-order valence-electron chi connectivity index (χ1n) is 8.35. The fourth-order valence-corrected chi connectivity index (χ4v) is 3.67. The second-order valence-electron chi connectivity index (χ2n) is 6.33. The number of esters is 1. The molecule has 0 radical (unpaired) electrons. The topological polar surface area (TPSA) is 46.6 Å². The minimum absolute atomic E-state index is 0.0106. The summed E-state index contributed by atoms with van der Waals surface area (Å²) in [5, 5.41) is 0. The number of ether oxygens (including phenoxy) is 1. The van der Waals surface area contributed by atoms with Gasteiger partial charge in [-0.05, 0) is 47.7 Å². The number of carbonyl (C=O) groups is 2. The van der Waals surface area contributed by atoms with E-state index in [9.17, 15) is 9.59 Å². The fraction of sp³-hybridized carbons (Fsp3) is 0.300. The molecule has 1 atom stereocenters. The number of anilines is 1.